The van der Waals surface area contributed by atoms with Gasteiger partial charge in [0.15, 0.2) is 0 Å². The second-order valence-corrected chi connectivity index (χ2v) is 4.32. The van der Waals surface area contributed by atoms with Crippen LogP contribution in [0.3, 0.4) is 0 Å². The molecule has 1 aromatic rings. The predicted molar refractivity (Wildman–Crippen MR) is 63.9 cm³/mol. The van der Waals surface area contributed by atoms with Gasteiger partial charge in [-0.3, -0.25) is 4.79 Å². The van der Waals surface area contributed by atoms with Gasteiger partial charge in [0.2, 0.25) is 0 Å². The Labute approximate surface area is 105 Å². The van der Waals surface area contributed by atoms with Crippen LogP contribution >= 0.6 is 0 Å². The lowest BCUT2D eigenvalue weighted by Gasteiger charge is -2.20. The van der Waals surface area contributed by atoms with Crippen molar-refractivity contribution in [3.05, 3.63) is 35.4 Å². The van der Waals surface area contributed by atoms with Crippen LogP contribution in [0.4, 0.5) is 8.78 Å². The number of carbonyl (C=O) groups is 1. The molecule has 1 aromatic carbocycles. The van der Waals surface area contributed by atoms with Gasteiger partial charge in [-0.25, -0.2) is 8.78 Å². The number of methoxy groups -OCH3 is 1. The summed E-state index contributed by atoms with van der Waals surface area (Å²) in [4.78, 5) is 12.9. The lowest BCUT2D eigenvalue weighted by Crippen LogP contribution is -2.29. The van der Waals surface area contributed by atoms with Gasteiger partial charge in [0.1, 0.15) is 11.6 Å². The highest BCUT2D eigenvalue weighted by Gasteiger charge is 2.17. The summed E-state index contributed by atoms with van der Waals surface area (Å²) in [7, 11) is 3.01. The fourth-order valence-corrected chi connectivity index (χ4v) is 1.76. The highest BCUT2D eigenvalue weighted by molar-refractivity contribution is 5.72. The molecule has 0 aromatic heterocycles. The molecule has 0 amide bonds. The van der Waals surface area contributed by atoms with Gasteiger partial charge >= 0.3 is 5.97 Å². The van der Waals surface area contributed by atoms with E-state index in [0.717, 1.165) is 0 Å². The van der Waals surface area contributed by atoms with Crippen molar-refractivity contribution in [1.29, 1.82) is 0 Å². The quantitative estimate of drug-likeness (QED) is 0.757. The summed E-state index contributed by atoms with van der Waals surface area (Å²) < 4.78 is 31.4. The molecule has 0 spiro atoms. The maximum Gasteiger partial charge on any atom is 0.309 e. The smallest absolute Gasteiger partial charge is 0.309 e. The molecule has 3 nitrogen and oxygen atoms in total. The highest BCUT2D eigenvalue weighted by Crippen LogP contribution is 2.14. The van der Waals surface area contributed by atoms with E-state index >= 15 is 0 Å². The Balaban J connectivity index is 2.65. The normalized spacial score (nSPS) is 12.6. The molecule has 18 heavy (non-hydrogen) atoms. The first-order valence-electron chi connectivity index (χ1n) is 5.65. The van der Waals surface area contributed by atoms with E-state index < -0.39 is 11.6 Å². The number of hydrogen-bond donors (Lipinski definition) is 0. The molecule has 1 rings (SSSR count). The molecule has 5 heteroatoms. The summed E-state index contributed by atoms with van der Waals surface area (Å²) in [6.07, 6.45) is 0. The molecule has 0 aliphatic rings. The van der Waals surface area contributed by atoms with Crippen LogP contribution in [0.15, 0.2) is 18.2 Å². The van der Waals surface area contributed by atoms with Crippen LogP contribution in [0.25, 0.3) is 0 Å². The number of ether oxygens (including phenoxy) is 1. The van der Waals surface area contributed by atoms with Crippen molar-refractivity contribution >= 4 is 5.97 Å². The van der Waals surface area contributed by atoms with E-state index in [1.54, 1.807) is 18.9 Å². The maximum absolute atomic E-state index is 13.4. The first-order valence-corrected chi connectivity index (χ1v) is 5.65. The number of esters is 1. The lowest BCUT2D eigenvalue weighted by atomic mass is 10.1. The minimum atomic E-state index is -0.576. The van der Waals surface area contributed by atoms with Crippen molar-refractivity contribution in [2.45, 2.75) is 13.5 Å². The second-order valence-electron chi connectivity index (χ2n) is 4.32. The van der Waals surface area contributed by atoms with Crippen molar-refractivity contribution in [2.75, 3.05) is 20.7 Å². The van der Waals surface area contributed by atoms with Gasteiger partial charge in [0.25, 0.3) is 0 Å². The fourth-order valence-electron chi connectivity index (χ4n) is 1.76. The predicted octanol–water partition coefficient (Wildman–Crippen LogP) is 2.21. The van der Waals surface area contributed by atoms with Gasteiger partial charge in [0.05, 0.1) is 13.0 Å². The molecule has 0 fully saturated rings. The molecule has 100 valence electrons. The van der Waals surface area contributed by atoms with Crippen molar-refractivity contribution in [1.82, 2.24) is 4.90 Å². The Morgan fingerprint density at radius 1 is 1.39 bits per heavy atom. The first kappa shape index (κ1) is 14.6. The third-order valence-corrected chi connectivity index (χ3v) is 2.68. The average Bonchev–Trinajstić information content (AvgIpc) is 2.32. The van der Waals surface area contributed by atoms with Crippen LogP contribution in [0.5, 0.6) is 0 Å². The van der Waals surface area contributed by atoms with Gasteiger partial charge in [-0.15, -0.1) is 0 Å². The van der Waals surface area contributed by atoms with Gasteiger partial charge < -0.3 is 9.64 Å². The summed E-state index contributed by atoms with van der Waals surface area (Å²) in [6, 6.07) is 3.76. The van der Waals surface area contributed by atoms with Crippen LogP contribution in [0, 0.1) is 17.6 Å². The topological polar surface area (TPSA) is 29.5 Å². The van der Waals surface area contributed by atoms with Crippen LogP contribution in [-0.2, 0) is 16.1 Å². The molecular weight excluding hydrogens is 240 g/mol. The van der Waals surface area contributed by atoms with E-state index in [0.29, 0.717) is 6.54 Å². The molecule has 0 aliphatic heterocycles. The summed E-state index contributed by atoms with van der Waals surface area (Å²) in [6.45, 7) is 2.19. The highest BCUT2D eigenvalue weighted by atomic mass is 19.1. The molecular formula is C13H17F2NO2. The zero-order chi connectivity index (χ0) is 13.7. The van der Waals surface area contributed by atoms with Crippen molar-refractivity contribution < 1.29 is 18.3 Å². The standard InChI is InChI=1S/C13H17F2NO2/c1-9(13(17)18-3)7-16(2)8-10-11(14)5-4-6-12(10)15/h4-6,9H,7-8H2,1-3H3. The monoisotopic (exact) mass is 257 g/mol. The third-order valence-electron chi connectivity index (χ3n) is 2.68. The molecule has 0 bridgehead atoms. The Morgan fingerprint density at radius 2 is 1.94 bits per heavy atom. The Kier molecular flexibility index (Phi) is 5.22. The van der Waals surface area contributed by atoms with E-state index in [1.165, 1.54) is 25.3 Å². The minimum Gasteiger partial charge on any atom is -0.469 e. The largest absolute Gasteiger partial charge is 0.469 e. The molecule has 0 saturated carbocycles. The van der Waals surface area contributed by atoms with Gasteiger partial charge in [-0.05, 0) is 19.2 Å². The third kappa shape index (κ3) is 3.77. The zero-order valence-electron chi connectivity index (χ0n) is 10.7. The molecule has 0 radical (unpaired) electrons. The summed E-state index contributed by atoms with van der Waals surface area (Å²) >= 11 is 0. The van der Waals surface area contributed by atoms with E-state index in [4.69, 9.17) is 0 Å². The fraction of sp³-hybridized carbons (Fsp3) is 0.462. The van der Waals surface area contributed by atoms with Crippen LogP contribution in [-0.4, -0.2) is 31.6 Å². The maximum atomic E-state index is 13.4. The average molecular weight is 257 g/mol. The number of halogens is 2. The van der Waals surface area contributed by atoms with Crippen LogP contribution < -0.4 is 0 Å². The van der Waals surface area contributed by atoms with E-state index in [9.17, 15) is 13.6 Å². The molecule has 0 saturated heterocycles. The number of rotatable bonds is 5. The molecule has 1 unspecified atom stereocenters. The van der Waals surface area contributed by atoms with Crippen molar-refractivity contribution in [3.63, 3.8) is 0 Å². The minimum absolute atomic E-state index is 0.0112. The molecule has 0 aliphatic carbocycles. The van der Waals surface area contributed by atoms with E-state index in [1.807, 2.05) is 0 Å². The molecule has 0 N–H and O–H groups in total. The van der Waals surface area contributed by atoms with E-state index in [2.05, 4.69) is 4.74 Å². The van der Waals surface area contributed by atoms with Gasteiger partial charge in [0, 0.05) is 18.7 Å². The summed E-state index contributed by atoms with van der Waals surface area (Å²) in [5, 5.41) is 0. The second kappa shape index (κ2) is 6.44. The first-order chi connectivity index (χ1) is 8.45. The van der Waals surface area contributed by atoms with E-state index in [-0.39, 0.29) is 24.0 Å². The van der Waals surface area contributed by atoms with Crippen molar-refractivity contribution in [2.24, 2.45) is 5.92 Å². The number of nitrogens with zero attached hydrogens (tertiary/aromatic N) is 1. The lowest BCUT2D eigenvalue weighted by molar-refractivity contribution is -0.145. The van der Waals surface area contributed by atoms with Crippen LogP contribution in [0.1, 0.15) is 12.5 Å². The molecule has 0 heterocycles. The summed E-state index contributed by atoms with van der Waals surface area (Å²) in [5.41, 5.74) is 0.0112. The van der Waals surface area contributed by atoms with Gasteiger partial charge in [-0.1, -0.05) is 13.0 Å². The van der Waals surface area contributed by atoms with Crippen molar-refractivity contribution in [3.8, 4) is 0 Å². The Hall–Kier alpha value is -1.49. The number of benzene rings is 1. The molecule has 1 atom stereocenters. The summed E-state index contributed by atoms with van der Waals surface area (Å²) in [5.74, 6) is -1.83. The Bertz CT molecular complexity index is 403. The zero-order valence-corrected chi connectivity index (χ0v) is 10.7. The Morgan fingerprint density at radius 3 is 2.44 bits per heavy atom. The van der Waals surface area contributed by atoms with Crippen LogP contribution in [0.2, 0.25) is 0 Å². The number of hydrogen-bond acceptors (Lipinski definition) is 3. The number of carbonyl (C=O) groups excluding carboxylic acids is 1. The SMILES string of the molecule is COC(=O)C(C)CN(C)Cc1c(F)cccc1F. The van der Waals surface area contributed by atoms with Gasteiger partial charge in [-0.2, -0.15) is 0 Å².